The average molecular weight is 347 g/mol. The predicted octanol–water partition coefficient (Wildman–Crippen LogP) is 3.48. The summed E-state index contributed by atoms with van der Waals surface area (Å²) in [7, 11) is 1.65. The van der Waals surface area contributed by atoms with Crippen molar-refractivity contribution in [2.45, 2.75) is 57.1 Å². The lowest BCUT2D eigenvalue weighted by Gasteiger charge is -2.33. The minimum Gasteiger partial charge on any atom is -0.474 e. The normalized spacial score (nSPS) is 23.2. The third kappa shape index (κ3) is 2.70. The standard InChI is InChI=1S/C17H21N3O3S/c1-20(17(21)22)10-5-7-11(8-6-10)23-15-14-12-3-2-4-13(12)24-16(14)19-9-18-15/h9-11H,2-8H2,1H3,(H,21,22). The third-order valence-corrected chi connectivity index (χ3v) is 6.44. The highest BCUT2D eigenvalue weighted by Gasteiger charge is 2.29. The number of amides is 1. The van der Waals surface area contributed by atoms with Crippen LogP contribution in [0.15, 0.2) is 6.33 Å². The van der Waals surface area contributed by atoms with E-state index in [4.69, 9.17) is 9.84 Å². The van der Waals surface area contributed by atoms with Gasteiger partial charge in [0.15, 0.2) is 0 Å². The molecule has 7 heteroatoms. The van der Waals surface area contributed by atoms with Crippen molar-refractivity contribution in [2.24, 2.45) is 0 Å². The van der Waals surface area contributed by atoms with Crippen molar-refractivity contribution in [1.29, 1.82) is 0 Å². The Bertz CT molecular complexity index is 768. The van der Waals surface area contributed by atoms with Crippen molar-refractivity contribution < 1.29 is 14.6 Å². The SMILES string of the molecule is CN(C(=O)O)C1CCC(Oc2ncnc3sc4c(c23)CCC4)CC1. The van der Waals surface area contributed by atoms with Gasteiger partial charge in [-0.3, -0.25) is 0 Å². The Balaban J connectivity index is 1.49. The summed E-state index contributed by atoms with van der Waals surface area (Å²) in [5.74, 6) is 0.717. The van der Waals surface area contributed by atoms with E-state index in [0.29, 0.717) is 0 Å². The summed E-state index contributed by atoms with van der Waals surface area (Å²) in [6.45, 7) is 0. The first kappa shape index (κ1) is 15.6. The van der Waals surface area contributed by atoms with Crippen LogP contribution in [0.4, 0.5) is 4.79 Å². The van der Waals surface area contributed by atoms with E-state index in [9.17, 15) is 4.79 Å². The zero-order valence-electron chi connectivity index (χ0n) is 13.7. The van der Waals surface area contributed by atoms with Crippen molar-refractivity contribution in [3.8, 4) is 5.88 Å². The zero-order chi connectivity index (χ0) is 16.7. The Morgan fingerprint density at radius 1 is 1.29 bits per heavy atom. The summed E-state index contributed by atoms with van der Waals surface area (Å²) >= 11 is 1.77. The molecule has 0 atom stereocenters. The van der Waals surface area contributed by atoms with Gasteiger partial charge in [-0.25, -0.2) is 14.8 Å². The van der Waals surface area contributed by atoms with Crippen LogP contribution in [-0.4, -0.2) is 45.3 Å². The molecule has 0 unspecified atom stereocenters. The maximum absolute atomic E-state index is 11.1. The van der Waals surface area contributed by atoms with E-state index in [1.165, 1.54) is 21.8 Å². The Morgan fingerprint density at radius 3 is 2.83 bits per heavy atom. The molecular weight excluding hydrogens is 326 g/mol. The van der Waals surface area contributed by atoms with Crippen molar-refractivity contribution >= 4 is 27.6 Å². The van der Waals surface area contributed by atoms with Gasteiger partial charge in [0.05, 0.1) is 5.39 Å². The highest BCUT2D eigenvalue weighted by molar-refractivity contribution is 7.18. The first-order valence-corrected chi connectivity index (χ1v) is 9.33. The maximum atomic E-state index is 11.1. The Morgan fingerprint density at radius 2 is 2.08 bits per heavy atom. The minimum atomic E-state index is -0.856. The second kappa shape index (κ2) is 6.20. The van der Waals surface area contributed by atoms with Gasteiger partial charge in [-0.1, -0.05) is 0 Å². The lowest BCUT2D eigenvalue weighted by atomic mass is 9.92. The molecule has 1 amide bonds. The molecule has 0 aromatic carbocycles. The predicted molar refractivity (Wildman–Crippen MR) is 91.9 cm³/mol. The molecule has 0 spiro atoms. The monoisotopic (exact) mass is 347 g/mol. The van der Waals surface area contributed by atoms with Gasteiger partial charge in [0.25, 0.3) is 0 Å². The van der Waals surface area contributed by atoms with Crippen LogP contribution in [-0.2, 0) is 12.8 Å². The first-order valence-electron chi connectivity index (χ1n) is 8.51. The maximum Gasteiger partial charge on any atom is 0.407 e. The lowest BCUT2D eigenvalue weighted by molar-refractivity contribution is 0.0891. The molecule has 2 aliphatic carbocycles. The van der Waals surface area contributed by atoms with Crippen LogP contribution < -0.4 is 4.74 Å². The molecular formula is C17H21N3O3S. The number of carbonyl (C=O) groups is 1. The molecule has 0 saturated heterocycles. The molecule has 4 rings (SSSR count). The fourth-order valence-corrected chi connectivity index (χ4v) is 5.07. The fourth-order valence-electron chi connectivity index (χ4n) is 3.85. The Hall–Kier alpha value is -1.89. The van der Waals surface area contributed by atoms with E-state index < -0.39 is 6.09 Å². The van der Waals surface area contributed by atoms with Crippen LogP contribution in [0, 0.1) is 0 Å². The molecule has 2 aliphatic rings. The fraction of sp³-hybridized carbons (Fsp3) is 0.588. The van der Waals surface area contributed by atoms with E-state index in [1.54, 1.807) is 24.7 Å². The smallest absolute Gasteiger partial charge is 0.407 e. The van der Waals surface area contributed by atoms with Crippen molar-refractivity contribution in [2.75, 3.05) is 7.05 Å². The van der Waals surface area contributed by atoms with Crippen molar-refractivity contribution in [1.82, 2.24) is 14.9 Å². The minimum absolute atomic E-state index is 0.0955. The second-order valence-corrected chi connectivity index (χ2v) is 7.74. The summed E-state index contributed by atoms with van der Waals surface area (Å²) in [5.41, 5.74) is 1.38. The number of carboxylic acid groups (broad SMARTS) is 1. The van der Waals surface area contributed by atoms with E-state index in [2.05, 4.69) is 9.97 Å². The number of rotatable bonds is 3. The number of aryl methyl sites for hydroxylation is 2. The van der Waals surface area contributed by atoms with E-state index in [1.807, 2.05) is 0 Å². The zero-order valence-corrected chi connectivity index (χ0v) is 14.5. The van der Waals surface area contributed by atoms with Crippen LogP contribution in [0.2, 0.25) is 0 Å². The van der Waals surface area contributed by atoms with E-state index >= 15 is 0 Å². The molecule has 0 radical (unpaired) electrons. The van der Waals surface area contributed by atoms with Crippen molar-refractivity contribution in [3.05, 3.63) is 16.8 Å². The van der Waals surface area contributed by atoms with Gasteiger partial charge in [-0.15, -0.1) is 11.3 Å². The van der Waals surface area contributed by atoms with Crippen LogP contribution in [0.1, 0.15) is 42.5 Å². The largest absolute Gasteiger partial charge is 0.474 e. The molecule has 128 valence electrons. The molecule has 6 nitrogen and oxygen atoms in total. The number of aromatic nitrogens is 2. The number of hydrogen-bond donors (Lipinski definition) is 1. The summed E-state index contributed by atoms with van der Waals surface area (Å²) in [4.78, 5) is 23.8. The number of fused-ring (bicyclic) bond motifs is 3. The third-order valence-electron chi connectivity index (χ3n) is 5.24. The molecule has 1 fully saturated rings. The van der Waals surface area contributed by atoms with Crippen LogP contribution >= 0.6 is 11.3 Å². The van der Waals surface area contributed by atoms with Gasteiger partial charge in [0, 0.05) is 18.0 Å². The molecule has 2 aromatic rings. The molecule has 24 heavy (non-hydrogen) atoms. The topological polar surface area (TPSA) is 75.6 Å². The number of nitrogens with zero attached hydrogens (tertiary/aromatic N) is 3. The van der Waals surface area contributed by atoms with Crippen LogP contribution in [0.25, 0.3) is 10.2 Å². The Kier molecular flexibility index (Phi) is 4.04. The molecule has 1 saturated carbocycles. The lowest BCUT2D eigenvalue weighted by Crippen LogP contribution is -2.40. The van der Waals surface area contributed by atoms with Gasteiger partial charge in [-0.2, -0.15) is 0 Å². The van der Waals surface area contributed by atoms with Crippen LogP contribution in [0.3, 0.4) is 0 Å². The van der Waals surface area contributed by atoms with Crippen molar-refractivity contribution in [3.63, 3.8) is 0 Å². The number of thiophene rings is 1. The number of hydrogen-bond acceptors (Lipinski definition) is 5. The first-order chi connectivity index (χ1) is 11.6. The second-order valence-electron chi connectivity index (χ2n) is 6.66. The van der Waals surface area contributed by atoms with Gasteiger partial charge >= 0.3 is 6.09 Å². The van der Waals surface area contributed by atoms with Crippen LogP contribution in [0.5, 0.6) is 5.88 Å². The quantitative estimate of drug-likeness (QED) is 0.920. The summed E-state index contributed by atoms with van der Waals surface area (Å²) in [5, 5.41) is 10.2. The van der Waals surface area contributed by atoms with E-state index in [0.717, 1.165) is 54.6 Å². The average Bonchev–Trinajstić information content (AvgIpc) is 3.16. The molecule has 2 aromatic heterocycles. The van der Waals surface area contributed by atoms with E-state index in [-0.39, 0.29) is 12.1 Å². The molecule has 1 N–H and O–H groups in total. The highest BCUT2D eigenvalue weighted by Crippen LogP contribution is 2.40. The number of ether oxygens (including phenoxy) is 1. The van der Waals surface area contributed by atoms with Gasteiger partial charge < -0.3 is 14.7 Å². The summed E-state index contributed by atoms with van der Waals surface area (Å²) in [6.07, 6.45) is 7.68. The molecule has 0 bridgehead atoms. The summed E-state index contributed by atoms with van der Waals surface area (Å²) in [6, 6.07) is 0.0955. The highest BCUT2D eigenvalue weighted by atomic mass is 32.1. The Labute approximate surface area is 144 Å². The molecule has 2 heterocycles. The van der Waals surface area contributed by atoms with Gasteiger partial charge in [-0.05, 0) is 50.5 Å². The van der Waals surface area contributed by atoms with Gasteiger partial charge in [0.2, 0.25) is 5.88 Å². The van der Waals surface area contributed by atoms with Gasteiger partial charge in [0.1, 0.15) is 17.3 Å². The molecule has 0 aliphatic heterocycles. The summed E-state index contributed by atoms with van der Waals surface area (Å²) < 4.78 is 6.23.